The van der Waals surface area contributed by atoms with E-state index < -0.39 is 9.84 Å². The second-order valence-corrected chi connectivity index (χ2v) is 8.27. The van der Waals surface area contributed by atoms with Gasteiger partial charge in [0.05, 0.1) is 22.1 Å². The molecule has 4 nitrogen and oxygen atoms in total. The van der Waals surface area contributed by atoms with Crippen LogP contribution in [0.25, 0.3) is 11.1 Å². The van der Waals surface area contributed by atoms with Crippen molar-refractivity contribution in [3.05, 3.63) is 59.1 Å². The van der Waals surface area contributed by atoms with E-state index in [1.165, 1.54) is 0 Å². The third kappa shape index (κ3) is 3.74. The maximum Gasteiger partial charge on any atom is 0.253 e. The number of nitrogens with one attached hydrogen (secondary N) is 1. The van der Waals surface area contributed by atoms with E-state index in [9.17, 15) is 13.2 Å². The number of carbonyl (C=O) groups is 1. The van der Waals surface area contributed by atoms with E-state index in [4.69, 9.17) is 11.6 Å². The van der Waals surface area contributed by atoms with Crippen LogP contribution in [0.5, 0.6) is 0 Å². The molecule has 0 radical (unpaired) electrons. The predicted octanol–water partition coefficient (Wildman–Crippen LogP) is 2.92. The van der Waals surface area contributed by atoms with E-state index in [0.717, 1.165) is 11.1 Å². The molecule has 2 aromatic carbocycles. The summed E-state index contributed by atoms with van der Waals surface area (Å²) in [7, 11) is -3.03. The molecule has 120 valence electrons. The topological polar surface area (TPSA) is 63.2 Å². The number of rotatable bonds is 3. The van der Waals surface area contributed by atoms with Crippen LogP contribution in [0.2, 0.25) is 5.02 Å². The molecule has 0 saturated carbocycles. The average Bonchev–Trinajstić information content (AvgIpc) is 2.87. The van der Waals surface area contributed by atoms with Gasteiger partial charge in [-0.1, -0.05) is 48.0 Å². The van der Waals surface area contributed by atoms with Gasteiger partial charge in [0.25, 0.3) is 5.91 Å². The Kier molecular flexibility index (Phi) is 4.41. The van der Waals surface area contributed by atoms with Crippen LogP contribution >= 0.6 is 11.6 Å². The Morgan fingerprint density at radius 3 is 2.48 bits per heavy atom. The molecule has 1 fully saturated rings. The first-order chi connectivity index (χ1) is 10.9. The van der Waals surface area contributed by atoms with Crippen molar-refractivity contribution < 1.29 is 13.2 Å². The molecule has 23 heavy (non-hydrogen) atoms. The summed E-state index contributed by atoms with van der Waals surface area (Å²) in [5, 5.41) is 3.12. The Bertz CT molecular complexity index is 834. The zero-order valence-corrected chi connectivity index (χ0v) is 13.9. The molecule has 3 rings (SSSR count). The second-order valence-electron chi connectivity index (χ2n) is 5.63. The van der Waals surface area contributed by atoms with Crippen LogP contribution in [0, 0.1) is 0 Å². The summed E-state index contributed by atoms with van der Waals surface area (Å²) in [5.74, 6) is -0.223. The summed E-state index contributed by atoms with van der Waals surface area (Å²) in [6.07, 6.45) is 0.448. The van der Waals surface area contributed by atoms with Crippen LogP contribution in [0.1, 0.15) is 16.8 Å². The first-order valence-electron chi connectivity index (χ1n) is 7.31. The number of halogens is 1. The lowest BCUT2D eigenvalue weighted by molar-refractivity contribution is 0.0941. The molecule has 0 spiro atoms. The molecule has 1 N–H and O–H groups in total. The van der Waals surface area contributed by atoms with Crippen LogP contribution in [0.4, 0.5) is 0 Å². The first-order valence-corrected chi connectivity index (χ1v) is 9.51. The molecule has 1 saturated heterocycles. The van der Waals surface area contributed by atoms with Crippen molar-refractivity contribution in [1.29, 1.82) is 0 Å². The van der Waals surface area contributed by atoms with Crippen LogP contribution < -0.4 is 5.32 Å². The summed E-state index contributed by atoms with van der Waals surface area (Å²) in [6, 6.07) is 14.6. The van der Waals surface area contributed by atoms with Crippen molar-refractivity contribution in [3.63, 3.8) is 0 Å². The number of benzene rings is 2. The summed E-state index contributed by atoms with van der Waals surface area (Å²) < 4.78 is 23.0. The van der Waals surface area contributed by atoms with Crippen LogP contribution in [0.3, 0.4) is 0 Å². The quantitative estimate of drug-likeness (QED) is 0.926. The van der Waals surface area contributed by atoms with Gasteiger partial charge in [0, 0.05) is 6.04 Å². The second kappa shape index (κ2) is 6.34. The van der Waals surface area contributed by atoms with Gasteiger partial charge in [0.15, 0.2) is 9.84 Å². The lowest BCUT2D eigenvalue weighted by Gasteiger charge is -2.13. The highest BCUT2D eigenvalue weighted by Crippen LogP contribution is 2.25. The number of carbonyl (C=O) groups excluding carboxylic acids is 1. The smallest absolute Gasteiger partial charge is 0.253 e. The molecule has 0 bridgehead atoms. The SMILES string of the molecule is O=C(NC1CCS(=O)(=O)C1)c1cc(-c2ccccc2)ccc1Cl. The fourth-order valence-electron chi connectivity index (χ4n) is 2.68. The van der Waals surface area contributed by atoms with Crippen LogP contribution in [-0.4, -0.2) is 31.9 Å². The predicted molar refractivity (Wildman–Crippen MR) is 91.4 cm³/mol. The highest BCUT2D eigenvalue weighted by atomic mass is 35.5. The minimum Gasteiger partial charge on any atom is -0.348 e. The van der Waals surface area contributed by atoms with E-state index in [2.05, 4.69) is 5.32 Å². The molecule has 0 aromatic heterocycles. The summed E-state index contributed by atoms with van der Waals surface area (Å²) in [6.45, 7) is 0. The zero-order chi connectivity index (χ0) is 16.4. The van der Waals surface area contributed by atoms with Gasteiger partial charge in [-0.3, -0.25) is 4.79 Å². The molecular weight excluding hydrogens is 334 g/mol. The lowest BCUT2D eigenvalue weighted by atomic mass is 10.0. The van der Waals surface area contributed by atoms with Crippen molar-refractivity contribution >= 4 is 27.3 Å². The molecule has 1 amide bonds. The Labute approximate surface area is 140 Å². The Morgan fingerprint density at radius 2 is 1.83 bits per heavy atom. The molecule has 1 unspecified atom stereocenters. The molecule has 2 aromatic rings. The Morgan fingerprint density at radius 1 is 1.09 bits per heavy atom. The molecule has 1 atom stereocenters. The van der Waals surface area contributed by atoms with Crippen molar-refractivity contribution in [3.8, 4) is 11.1 Å². The van der Waals surface area contributed by atoms with Crippen molar-refractivity contribution in [2.75, 3.05) is 11.5 Å². The fourth-order valence-corrected chi connectivity index (χ4v) is 4.56. The van der Waals surface area contributed by atoms with E-state index in [0.29, 0.717) is 17.0 Å². The normalized spacial score (nSPS) is 19.4. The van der Waals surface area contributed by atoms with Gasteiger partial charge < -0.3 is 5.32 Å². The van der Waals surface area contributed by atoms with Gasteiger partial charge >= 0.3 is 0 Å². The van der Waals surface area contributed by atoms with Gasteiger partial charge in [0.2, 0.25) is 0 Å². The van der Waals surface area contributed by atoms with Crippen molar-refractivity contribution in [2.45, 2.75) is 12.5 Å². The third-order valence-electron chi connectivity index (χ3n) is 3.89. The Balaban J connectivity index is 1.83. The lowest BCUT2D eigenvalue weighted by Crippen LogP contribution is -2.35. The highest BCUT2D eigenvalue weighted by Gasteiger charge is 2.29. The molecule has 1 aliphatic heterocycles. The van der Waals surface area contributed by atoms with Crippen molar-refractivity contribution in [1.82, 2.24) is 5.32 Å². The number of amides is 1. The zero-order valence-electron chi connectivity index (χ0n) is 12.3. The van der Waals surface area contributed by atoms with Crippen LogP contribution in [0.15, 0.2) is 48.5 Å². The monoisotopic (exact) mass is 349 g/mol. The van der Waals surface area contributed by atoms with Gasteiger partial charge in [-0.25, -0.2) is 8.42 Å². The van der Waals surface area contributed by atoms with E-state index >= 15 is 0 Å². The maximum atomic E-state index is 12.4. The minimum atomic E-state index is -3.03. The Hall–Kier alpha value is -1.85. The summed E-state index contributed by atoms with van der Waals surface area (Å²) in [4.78, 5) is 12.4. The average molecular weight is 350 g/mol. The van der Waals surface area contributed by atoms with Gasteiger partial charge in [-0.15, -0.1) is 0 Å². The van der Waals surface area contributed by atoms with E-state index in [1.807, 2.05) is 36.4 Å². The summed E-state index contributed by atoms with van der Waals surface area (Å²) >= 11 is 6.14. The van der Waals surface area contributed by atoms with E-state index in [-0.39, 0.29) is 23.5 Å². The number of sulfone groups is 1. The molecule has 6 heteroatoms. The fraction of sp³-hybridized carbons (Fsp3) is 0.235. The standard InChI is InChI=1S/C17H16ClNO3S/c18-16-7-6-13(12-4-2-1-3-5-12)10-15(16)17(20)19-14-8-9-23(21,22)11-14/h1-7,10,14H,8-9,11H2,(H,19,20). The largest absolute Gasteiger partial charge is 0.348 e. The number of hydrogen-bond donors (Lipinski definition) is 1. The maximum absolute atomic E-state index is 12.4. The molecule has 1 aliphatic rings. The highest BCUT2D eigenvalue weighted by molar-refractivity contribution is 7.91. The van der Waals surface area contributed by atoms with Crippen LogP contribution in [-0.2, 0) is 9.84 Å². The van der Waals surface area contributed by atoms with Gasteiger partial charge in [-0.05, 0) is 29.7 Å². The first kappa shape index (κ1) is 16.0. The van der Waals surface area contributed by atoms with Crippen molar-refractivity contribution in [2.24, 2.45) is 0 Å². The third-order valence-corrected chi connectivity index (χ3v) is 5.98. The molecular formula is C17H16ClNO3S. The molecule has 1 heterocycles. The summed E-state index contributed by atoms with van der Waals surface area (Å²) in [5.41, 5.74) is 2.23. The molecule has 0 aliphatic carbocycles. The number of hydrogen-bond acceptors (Lipinski definition) is 3. The van der Waals surface area contributed by atoms with Gasteiger partial charge in [0.1, 0.15) is 0 Å². The van der Waals surface area contributed by atoms with E-state index in [1.54, 1.807) is 12.1 Å². The minimum absolute atomic E-state index is 0.00522. The van der Waals surface area contributed by atoms with Gasteiger partial charge in [-0.2, -0.15) is 0 Å².